The van der Waals surface area contributed by atoms with E-state index in [1.165, 1.54) is 18.4 Å². The first-order chi connectivity index (χ1) is 12.3. The molecule has 2 aromatic heterocycles. The molecule has 1 aliphatic rings. The highest BCUT2D eigenvalue weighted by atomic mass is 16.5. The minimum atomic E-state index is 0.546. The summed E-state index contributed by atoms with van der Waals surface area (Å²) in [6.45, 7) is 5.73. The van der Waals surface area contributed by atoms with Crippen LogP contribution in [0.2, 0.25) is 0 Å². The first-order valence-corrected chi connectivity index (χ1v) is 8.84. The summed E-state index contributed by atoms with van der Waals surface area (Å²) in [7, 11) is 0. The third-order valence-corrected chi connectivity index (χ3v) is 4.64. The zero-order valence-corrected chi connectivity index (χ0v) is 14.5. The molecule has 6 nitrogen and oxygen atoms in total. The van der Waals surface area contributed by atoms with Crippen molar-refractivity contribution in [3.63, 3.8) is 0 Å². The van der Waals surface area contributed by atoms with E-state index < -0.39 is 0 Å². The van der Waals surface area contributed by atoms with Gasteiger partial charge < -0.3 is 4.74 Å². The first kappa shape index (κ1) is 16.0. The molecule has 3 heterocycles. The quantitative estimate of drug-likeness (QED) is 0.716. The van der Waals surface area contributed by atoms with Gasteiger partial charge in [-0.1, -0.05) is 17.7 Å². The second kappa shape index (κ2) is 7.19. The number of fused-ring (bicyclic) bond motifs is 1. The maximum Gasteiger partial charge on any atom is 0.252 e. The van der Waals surface area contributed by atoms with Gasteiger partial charge in [-0.3, -0.25) is 4.90 Å². The van der Waals surface area contributed by atoms with Crippen molar-refractivity contribution >= 4 is 5.78 Å². The van der Waals surface area contributed by atoms with Gasteiger partial charge in [0.2, 0.25) is 0 Å². The molecule has 0 amide bonds. The van der Waals surface area contributed by atoms with E-state index in [-0.39, 0.29) is 0 Å². The van der Waals surface area contributed by atoms with Crippen molar-refractivity contribution in [3.05, 3.63) is 54.1 Å². The summed E-state index contributed by atoms with van der Waals surface area (Å²) in [5.41, 5.74) is 1.26. The van der Waals surface area contributed by atoms with Crippen molar-refractivity contribution < 1.29 is 4.74 Å². The Labute approximate surface area is 147 Å². The van der Waals surface area contributed by atoms with Crippen molar-refractivity contribution in [2.45, 2.75) is 26.3 Å². The molecule has 0 aliphatic carbocycles. The van der Waals surface area contributed by atoms with Crippen LogP contribution in [0.5, 0.6) is 5.75 Å². The smallest absolute Gasteiger partial charge is 0.252 e. The van der Waals surface area contributed by atoms with Gasteiger partial charge in [0.05, 0.1) is 13.2 Å². The molecular formula is C19H23N5O. The van der Waals surface area contributed by atoms with Crippen molar-refractivity contribution in [2.24, 2.45) is 5.92 Å². The summed E-state index contributed by atoms with van der Waals surface area (Å²) in [5.74, 6) is 2.99. The number of piperidine rings is 1. The molecular weight excluding hydrogens is 314 g/mol. The van der Waals surface area contributed by atoms with E-state index in [1.807, 2.05) is 24.4 Å². The van der Waals surface area contributed by atoms with Gasteiger partial charge in [-0.05, 0) is 44.5 Å². The third kappa shape index (κ3) is 3.96. The maximum absolute atomic E-state index is 5.98. The Balaban J connectivity index is 1.33. The second-order valence-corrected chi connectivity index (χ2v) is 6.76. The lowest BCUT2D eigenvalue weighted by molar-refractivity contribution is 0.123. The lowest BCUT2D eigenvalue weighted by Crippen LogP contribution is -2.37. The number of aromatic nitrogens is 4. The van der Waals surface area contributed by atoms with Gasteiger partial charge in [0.15, 0.2) is 5.82 Å². The lowest BCUT2D eigenvalue weighted by Gasteiger charge is -2.31. The van der Waals surface area contributed by atoms with Gasteiger partial charge in [0.25, 0.3) is 5.78 Å². The van der Waals surface area contributed by atoms with Crippen LogP contribution in [-0.2, 0) is 6.54 Å². The molecule has 25 heavy (non-hydrogen) atoms. The van der Waals surface area contributed by atoms with Gasteiger partial charge in [-0.25, -0.2) is 9.50 Å². The molecule has 130 valence electrons. The van der Waals surface area contributed by atoms with Crippen LogP contribution in [0.1, 0.15) is 24.2 Å². The van der Waals surface area contributed by atoms with Crippen LogP contribution in [0, 0.1) is 12.8 Å². The van der Waals surface area contributed by atoms with E-state index in [0.29, 0.717) is 11.7 Å². The average molecular weight is 337 g/mol. The molecule has 1 aliphatic heterocycles. The number of likely N-dealkylation sites (tertiary alicyclic amines) is 1. The van der Waals surface area contributed by atoms with Gasteiger partial charge >= 0.3 is 0 Å². The Hall–Kier alpha value is -2.47. The number of ether oxygens (including phenoxy) is 1. The van der Waals surface area contributed by atoms with E-state index in [0.717, 1.165) is 37.8 Å². The third-order valence-electron chi connectivity index (χ3n) is 4.64. The minimum absolute atomic E-state index is 0.546. The highest BCUT2D eigenvalue weighted by molar-refractivity contribution is 5.26. The van der Waals surface area contributed by atoms with Crippen LogP contribution in [-0.4, -0.2) is 44.2 Å². The number of aryl methyl sites for hydroxylation is 1. The second-order valence-electron chi connectivity index (χ2n) is 6.76. The van der Waals surface area contributed by atoms with Gasteiger partial charge in [0.1, 0.15) is 5.75 Å². The van der Waals surface area contributed by atoms with Crippen molar-refractivity contribution in [1.82, 2.24) is 24.5 Å². The number of hydrogen-bond acceptors (Lipinski definition) is 5. The zero-order valence-electron chi connectivity index (χ0n) is 14.5. The summed E-state index contributed by atoms with van der Waals surface area (Å²) in [6, 6.07) is 10.1. The van der Waals surface area contributed by atoms with Gasteiger partial charge in [-0.2, -0.15) is 4.98 Å². The molecule has 3 aromatic rings. The molecule has 0 unspecified atom stereocenters. The van der Waals surface area contributed by atoms with Crippen LogP contribution in [0.3, 0.4) is 0 Å². The molecule has 6 heteroatoms. The molecule has 4 rings (SSSR count). The van der Waals surface area contributed by atoms with E-state index in [1.54, 1.807) is 10.7 Å². The van der Waals surface area contributed by atoms with Gasteiger partial charge in [0, 0.05) is 24.9 Å². The predicted molar refractivity (Wildman–Crippen MR) is 95.5 cm³/mol. The molecule has 1 aromatic carbocycles. The molecule has 0 saturated carbocycles. The van der Waals surface area contributed by atoms with E-state index in [4.69, 9.17) is 4.74 Å². The minimum Gasteiger partial charge on any atom is -0.493 e. The topological polar surface area (TPSA) is 55.5 Å². The molecule has 0 bridgehead atoms. The van der Waals surface area contributed by atoms with Crippen LogP contribution < -0.4 is 4.74 Å². The van der Waals surface area contributed by atoms with Gasteiger partial charge in [-0.15, -0.1) is 5.10 Å². The maximum atomic E-state index is 5.98. The summed E-state index contributed by atoms with van der Waals surface area (Å²) < 4.78 is 7.71. The van der Waals surface area contributed by atoms with Crippen LogP contribution in [0.25, 0.3) is 5.78 Å². The highest BCUT2D eigenvalue weighted by Gasteiger charge is 2.22. The number of hydrogen-bond donors (Lipinski definition) is 0. The molecule has 1 fully saturated rings. The Morgan fingerprint density at radius 3 is 2.96 bits per heavy atom. The van der Waals surface area contributed by atoms with E-state index in [2.05, 4.69) is 39.0 Å². The highest BCUT2D eigenvalue weighted by Crippen LogP contribution is 2.20. The average Bonchev–Trinajstić information content (AvgIpc) is 3.04. The van der Waals surface area contributed by atoms with Crippen LogP contribution in [0.4, 0.5) is 0 Å². The Morgan fingerprint density at radius 2 is 2.12 bits per heavy atom. The largest absolute Gasteiger partial charge is 0.493 e. The summed E-state index contributed by atoms with van der Waals surface area (Å²) in [4.78, 5) is 11.1. The van der Waals surface area contributed by atoms with Crippen molar-refractivity contribution in [3.8, 4) is 5.75 Å². The molecule has 1 atom stereocenters. The van der Waals surface area contributed by atoms with Crippen LogP contribution >= 0.6 is 0 Å². The fourth-order valence-electron chi connectivity index (χ4n) is 3.32. The van der Waals surface area contributed by atoms with Crippen LogP contribution in [0.15, 0.2) is 42.7 Å². The predicted octanol–water partition coefficient (Wildman–Crippen LogP) is 2.72. The number of rotatable bonds is 5. The standard InChI is InChI=1S/C19H23N5O/c1-15-5-7-17(8-6-15)25-14-16-4-2-10-23(12-16)13-18-21-19-20-9-3-11-24(19)22-18/h3,5-9,11,16H,2,4,10,12-14H2,1H3/t16-/m0/s1. The number of nitrogens with zero attached hydrogens (tertiary/aromatic N) is 5. The van der Waals surface area contributed by atoms with Crippen molar-refractivity contribution in [2.75, 3.05) is 19.7 Å². The normalized spacial score (nSPS) is 18.5. The SMILES string of the molecule is Cc1ccc(OC[C@H]2CCCN(Cc3nc4ncccn4n3)C2)cc1. The molecule has 1 saturated heterocycles. The lowest BCUT2D eigenvalue weighted by atomic mass is 9.99. The fraction of sp³-hybridized carbons (Fsp3) is 0.421. The first-order valence-electron chi connectivity index (χ1n) is 8.84. The number of benzene rings is 1. The Kier molecular flexibility index (Phi) is 4.61. The zero-order chi connectivity index (χ0) is 17.1. The molecule has 0 spiro atoms. The Morgan fingerprint density at radius 1 is 1.24 bits per heavy atom. The summed E-state index contributed by atoms with van der Waals surface area (Å²) in [5, 5.41) is 4.50. The fourth-order valence-corrected chi connectivity index (χ4v) is 3.32. The van der Waals surface area contributed by atoms with E-state index in [9.17, 15) is 0 Å². The molecule has 0 radical (unpaired) electrons. The van der Waals surface area contributed by atoms with E-state index >= 15 is 0 Å². The summed E-state index contributed by atoms with van der Waals surface area (Å²) in [6.07, 6.45) is 6.02. The Bertz CT molecular complexity index is 796. The molecule has 0 N–H and O–H groups in total. The monoisotopic (exact) mass is 337 g/mol. The summed E-state index contributed by atoms with van der Waals surface area (Å²) >= 11 is 0. The van der Waals surface area contributed by atoms with Crippen molar-refractivity contribution in [1.29, 1.82) is 0 Å².